The zero-order valence-electron chi connectivity index (χ0n) is 14.3. The van der Waals surface area contributed by atoms with Crippen molar-refractivity contribution >= 4 is 5.70 Å². The van der Waals surface area contributed by atoms with Gasteiger partial charge >= 0.3 is 0 Å². The van der Waals surface area contributed by atoms with Crippen molar-refractivity contribution in [3.63, 3.8) is 0 Å². The lowest BCUT2D eigenvalue weighted by atomic mass is 9.88. The molecule has 0 amide bonds. The summed E-state index contributed by atoms with van der Waals surface area (Å²) in [6, 6.07) is 2.21. The highest BCUT2D eigenvalue weighted by Gasteiger charge is 2.26. The largest absolute Gasteiger partial charge is 0.237 e. The number of allylic oxidation sites excluding steroid dienone is 6. The molecule has 0 saturated heterocycles. The van der Waals surface area contributed by atoms with Gasteiger partial charge in [0.1, 0.15) is 0 Å². The van der Waals surface area contributed by atoms with Gasteiger partial charge in [-0.05, 0) is 18.2 Å². The molecule has 0 unspecified atom stereocenters. The maximum Gasteiger partial charge on any atom is 0.0685 e. The molecule has 1 heterocycles. The molecule has 0 radical (unpaired) electrons. The molecule has 2 heteroatoms. The summed E-state index contributed by atoms with van der Waals surface area (Å²) in [6.45, 7) is 20.7. The van der Waals surface area contributed by atoms with E-state index in [0.29, 0.717) is 0 Å². The van der Waals surface area contributed by atoms with Crippen molar-refractivity contribution in [1.29, 1.82) is 0 Å². The van der Waals surface area contributed by atoms with E-state index >= 15 is 0 Å². The van der Waals surface area contributed by atoms with Crippen LogP contribution >= 0.6 is 0 Å². The van der Waals surface area contributed by atoms with Gasteiger partial charge in [0.05, 0.1) is 11.4 Å². The van der Waals surface area contributed by atoms with Crippen LogP contribution < -0.4 is 0 Å². The molecule has 0 aliphatic carbocycles. The van der Waals surface area contributed by atoms with Crippen LogP contribution in [0.15, 0.2) is 49.6 Å². The first-order chi connectivity index (χ1) is 9.61. The Bertz CT molecular complexity index is 570. The van der Waals surface area contributed by atoms with Crippen molar-refractivity contribution < 1.29 is 0 Å². The topological polar surface area (TPSA) is 17.8 Å². The van der Waals surface area contributed by atoms with Crippen LogP contribution in [0.2, 0.25) is 0 Å². The normalized spacial score (nSPS) is 13.7. The minimum Gasteiger partial charge on any atom is -0.237 e. The van der Waals surface area contributed by atoms with E-state index in [2.05, 4.69) is 60.8 Å². The third kappa shape index (κ3) is 4.32. The Morgan fingerprint density at radius 1 is 1.05 bits per heavy atom. The first-order valence-electron chi connectivity index (χ1n) is 7.34. The summed E-state index contributed by atoms with van der Waals surface area (Å²) in [5, 5.41) is 4.83. The molecule has 1 aromatic rings. The Morgan fingerprint density at radius 3 is 2.10 bits per heavy atom. The van der Waals surface area contributed by atoms with Crippen molar-refractivity contribution in [2.24, 2.45) is 0 Å². The monoisotopic (exact) mass is 284 g/mol. The van der Waals surface area contributed by atoms with Gasteiger partial charge in [-0.1, -0.05) is 72.9 Å². The van der Waals surface area contributed by atoms with Gasteiger partial charge in [-0.2, -0.15) is 5.10 Å². The molecule has 1 aromatic heterocycles. The number of aromatic nitrogens is 2. The molecular formula is C19H28N2. The van der Waals surface area contributed by atoms with E-state index in [1.54, 1.807) is 12.2 Å². The minimum absolute atomic E-state index is 0.0127. The molecule has 21 heavy (non-hydrogen) atoms. The quantitative estimate of drug-likeness (QED) is 0.691. The van der Waals surface area contributed by atoms with Gasteiger partial charge in [0.15, 0.2) is 0 Å². The summed E-state index contributed by atoms with van der Waals surface area (Å²) in [4.78, 5) is 0. The van der Waals surface area contributed by atoms with Crippen molar-refractivity contribution in [3.8, 4) is 0 Å². The first-order valence-corrected chi connectivity index (χ1v) is 7.34. The number of nitrogens with zero attached hydrogens (tertiary/aromatic N) is 2. The van der Waals surface area contributed by atoms with Crippen LogP contribution in [0.3, 0.4) is 0 Å². The Kier molecular flexibility index (Phi) is 5.16. The van der Waals surface area contributed by atoms with Gasteiger partial charge in [-0.25, -0.2) is 4.68 Å². The second kappa shape index (κ2) is 6.30. The second-order valence-electron chi connectivity index (χ2n) is 7.25. The Hall–Kier alpha value is -1.83. The predicted molar refractivity (Wildman–Crippen MR) is 93.4 cm³/mol. The van der Waals surface area contributed by atoms with E-state index in [0.717, 1.165) is 11.4 Å². The van der Waals surface area contributed by atoms with E-state index in [4.69, 9.17) is 5.10 Å². The first kappa shape index (κ1) is 17.2. The fourth-order valence-electron chi connectivity index (χ4n) is 1.96. The molecule has 0 fully saturated rings. The molecule has 114 valence electrons. The maximum atomic E-state index is 4.83. The third-order valence-electron chi connectivity index (χ3n) is 3.18. The molecule has 1 rings (SSSR count). The van der Waals surface area contributed by atoms with Gasteiger partial charge in [-0.15, -0.1) is 0 Å². The maximum absolute atomic E-state index is 4.83. The van der Waals surface area contributed by atoms with E-state index in [1.165, 1.54) is 5.69 Å². The highest BCUT2D eigenvalue weighted by molar-refractivity contribution is 5.60. The fraction of sp³-hybridized carbons (Fsp3) is 0.421. The lowest BCUT2D eigenvalue weighted by Gasteiger charge is -2.20. The van der Waals surface area contributed by atoms with Crippen LogP contribution in [0.5, 0.6) is 0 Å². The molecule has 0 saturated carbocycles. The van der Waals surface area contributed by atoms with Crippen molar-refractivity contribution in [2.45, 2.75) is 52.4 Å². The second-order valence-corrected chi connectivity index (χ2v) is 7.25. The summed E-state index contributed by atoms with van der Waals surface area (Å²) in [7, 11) is 0. The van der Waals surface area contributed by atoms with Crippen molar-refractivity contribution in [1.82, 2.24) is 9.78 Å². The van der Waals surface area contributed by atoms with Crippen LogP contribution in [0.4, 0.5) is 0 Å². The summed E-state index contributed by atoms with van der Waals surface area (Å²) >= 11 is 0. The average molecular weight is 284 g/mol. The summed E-state index contributed by atoms with van der Waals surface area (Å²) < 4.78 is 2.02. The lowest BCUT2D eigenvalue weighted by Crippen LogP contribution is -2.17. The number of hydrogen-bond acceptors (Lipinski definition) is 1. The zero-order chi connectivity index (χ0) is 16.3. The molecule has 0 aliphatic rings. The Morgan fingerprint density at radius 2 is 1.67 bits per heavy atom. The van der Waals surface area contributed by atoms with Crippen molar-refractivity contribution in [2.75, 3.05) is 0 Å². The highest BCUT2D eigenvalue weighted by Crippen LogP contribution is 2.30. The van der Waals surface area contributed by atoms with Crippen LogP contribution in [0.25, 0.3) is 5.70 Å². The smallest absolute Gasteiger partial charge is 0.0685 e. The van der Waals surface area contributed by atoms with E-state index < -0.39 is 0 Å². The summed E-state index contributed by atoms with van der Waals surface area (Å²) in [5.41, 5.74) is 3.31. The molecule has 2 nitrogen and oxygen atoms in total. The summed E-state index contributed by atoms with van der Waals surface area (Å²) in [5.74, 6) is 0. The molecule has 0 aliphatic heterocycles. The molecular weight excluding hydrogens is 256 g/mol. The minimum atomic E-state index is 0.0127. The SMILES string of the molecule is C=C/C=C\C(=C/C=C)n1nc(C(C)(C)C)cc1C(C)(C)C. The van der Waals surface area contributed by atoms with E-state index in [-0.39, 0.29) is 10.8 Å². The zero-order valence-corrected chi connectivity index (χ0v) is 14.3. The molecule has 0 spiro atoms. The molecule has 0 bridgehead atoms. The van der Waals surface area contributed by atoms with Gasteiger partial charge in [0.25, 0.3) is 0 Å². The highest BCUT2D eigenvalue weighted by atomic mass is 15.3. The van der Waals surface area contributed by atoms with Crippen LogP contribution in [-0.2, 0) is 10.8 Å². The van der Waals surface area contributed by atoms with Crippen molar-refractivity contribution in [3.05, 3.63) is 61.0 Å². The van der Waals surface area contributed by atoms with Gasteiger partial charge < -0.3 is 0 Å². The Balaban J connectivity index is 3.55. The fourth-order valence-corrected chi connectivity index (χ4v) is 1.96. The van der Waals surface area contributed by atoms with Gasteiger partial charge in [-0.3, -0.25) is 0 Å². The molecule has 0 N–H and O–H groups in total. The lowest BCUT2D eigenvalue weighted by molar-refractivity contribution is 0.541. The van der Waals surface area contributed by atoms with Gasteiger partial charge in [0.2, 0.25) is 0 Å². The molecule has 0 aromatic carbocycles. The Labute approximate surface area is 129 Å². The van der Waals surface area contributed by atoms with E-state index in [1.807, 2.05) is 22.9 Å². The van der Waals surface area contributed by atoms with Gasteiger partial charge in [0, 0.05) is 16.5 Å². The molecule has 0 atom stereocenters. The van der Waals surface area contributed by atoms with Crippen LogP contribution in [0.1, 0.15) is 52.9 Å². The summed E-state index contributed by atoms with van der Waals surface area (Å²) in [6.07, 6.45) is 9.44. The average Bonchev–Trinajstić information content (AvgIpc) is 2.79. The number of rotatable bonds is 4. The number of hydrogen-bond donors (Lipinski definition) is 0. The predicted octanol–water partition coefficient (Wildman–Crippen LogP) is 5.25. The van der Waals surface area contributed by atoms with Crippen LogP contribution in [-0.4, -0.2) is 9.78 Å². The third-order valence-corrected chi connectivity index (χ3v) is 3.18. The van der Waals surface area contributed by atoms with E-state index in [9.17, 15) is 0 Å². The standard InChI is InChI=1S/C19H28N2/c1-9-11-13-15(12-10-2)21-17(19(6,7)8)14-16(20-21)18(3,4)5/h9-14H,1-2H2,3-8H3/b13-11-,15-12+. The van der Waals surface area contributed by atoms with Crippen LogP contribution in [0, 0.1) is 0 Å².